The third-order valence-corrected chi connectivity index (χ3v) is 2.89. The van der Waals surface area contributed by atoms with Crippen LogP contribution >= 0.6 is 12.6 Å². The van der Waals surface area contributed by atoms with Crippen LogP contribution in [0.25, 0.3) is 0 Å². The molecule has 1 atom stereocenters. The lowest BCUT2D eigenvalue weighted by atomic mass is 10.1. The summed E-state index contributed by atoms with van der Waals surface area (Å²) in [6.07, 6.45) is 1.24. The number of aliphatic carboxylic acids is 1. The van der Waals surface area contributed by atoms with Gasteiger partial charge in [-0.2, -0.15) is 12.6 Å². The van der Waals surface area contributed by atoms with E-state index in [4.69, 9.17) is 5.11 Å². The Morgan fingerprint density at radius 1 is 1.64 bits per heavy atom. The lowest BCUT2D eigenvalue weighted by molar-refractivity contribution is -0.137. The van der Waals surface area contributed by atoms with Crippen LogP contribution in [0.3, 0.4) is 0 Å². The highest BCUT2D eigenvalue weighted by Crippen LogP contribution is 2.18. The van der Waals surface area contributed by atoms with Crippen molar-refractivity contribution in [3.8, 4) is 0 Å². The molecule has 1 saturated heterocycles. The van der Waals surface area contributed by atoms with Crippen LogP contribution < -0.4 is 0 Å². The second-order valence-corrected chi connectivity index (χ2v) is 3.95. The Bertz CT molecular complexity index is 232. The zero-order chi connectivity index (χ0) is 10.6. The van der Waals surface area contributed by atoms with Crippen molar-refractivity contribution in [2.24, 2.45) is 5.92 Å². The van der Waals surface area contributed by atoms with Gasteiger partial charge in [-0.05, 0) is 18.1 Å². The van der Waals surface area contributed by atoms with Gasteiger partial charge < -0.3 is 10.0 Å². The number of nitrogens with zero attached hydrogens (tertiary/aromatic N) is 1. The third-order valence-electron chi connectivity index (χ3n) is 2.37. The van der Waals surface area contributed by atoms with Crippen LogP contribution in [0.1, 0.15) is 19.3 Å². The van der Waals surface area contributed by atoms with Gasteiger partial charge in [0.1, 0.15) is 0 Å². The van der Waals surface area contributed by atoms with Gasteiger partial charge in [0.15, 0.2) is 0 Å². The predicted molar refractivity (Wildman–Crippen MR) is 55.4 cm³/mol. The van der Waals surface area contributed by atoms with Crippen molar-refractivity contribution in [3.05, 3.63) is 0 Å². The van der Waals surface area contributed by atoms with Gasteiger partial charge in [-0.3, -0.25) is 9.59 Å². The first-order valence-corrected chi connectivity index (χ1v) is 5.37. The molecule has 1 fully saturated rings. The zero-order valence-electron chi connectivity index (χ0n) is 7.98. The fourth-order valence-electron chi connectivity index (χ4n) is 1.61. The zero-order valence-corrected chi connectivity index (χ0v) is 8.87. The van der Waals surface area contributed by atoms with E-state index < -0.39 is 5.97 Å². The Morgan fingerprint density at radius 2 is 2.36 bits per heavy atom. The van der Waals surface area contributed by atoms with Crippen molar-refractivity contribution in [2.75, 3.05) is 18.8 Å². The number of thiol groups is 1. The van der Waals surface area contributed by atoms with E-state index in [0.717, 1.165) is 12.3 Å². The molecular formula is C9H15NO3S. The molecule has 1 rings (SSSR count). The minimum atomic E-state index is -0.803. The molecule has 1 aliphatic heterocycles. The third kappa shape index (κ3) is 3.21. The van der Waals surface area contributed by atoms with Gasteiger partial charge in [0.2, 0.25) is 5.91 Å². The quantitative estimate of drug-likeness (QED) is 0.664. The minimum Gasteiger partial charge on any atom is -0.481 e. The molecule has 0 radical (unpaired) electrons. The van der Waals surface area contributed by atoms with Crippen molar-refractivity contribution in [3.63, 3.8) is 0 Å². The number of likely N-dealkylation sites (tertiary alicyclic amines) is 1. The Labute approximate surface area is 88.7 Å². The van der Waals surface area contributed by atoms with E-state index in [-0.39, 0.29) is 12.3 Å². The molecule has 0 aliphatic carbocycles. The van der Waals surface area contributed by atoms with Gasteiger partial charge in [-0.1, -0.05) is 0 Å². The van der Waals surface area contributed by atoms with Crippen LogP contribution in [0, 0.1) is 5.92 Å². The standard InChI is InChI=1S/C9H15NO3S/c11-8-4-7(6-14)5-10(8)3-1-2-9(12)13/h7,14H,1-6H2,(H,12,13). The molecule has 1 aliphatic rings. The molecule has 1 amide bonds. The lowest BCUT2D eigenvalue weighted by Crippen LogP contribution is -2.26. The Balaban J connectivity index is 2.25. The molecule has 80 valence electrons. The van der Waals surface area contributed by atoms with Gasteiger partial charge in [0.05, 0.1) is 0 Å². The first kappa shape index (κ1) is 11.4. The summed E-state index contributed by atoms with van der Waals surface area (Å²) in [6, 6.07) is 0. The molecule has 5 heteroatoms. The maximum Gasteiger partial charge on any atom is 0.303 e. The predicted octanol–water partition coefficient (Wildman–Crippen LogP) is 0.629. The van der Waals surface area contributed by atoms with Crippen LogP contribution in [0.15, 0.2) is 0 Å². The molecule has 0 saturated carbocycles. The van der Waals surface area contributed by atoms with Gasteiger partial charge in [-0.25, -0.2) is 0 Å². The maximum atomic E-state index is 11.4. The molecule has 4 nitrogen and oxygen atoms in total. The van der Waals surface area contributed by atoms with Crippen LogP contribution in [0.5, 0.6) is 0 Å². The summed E-state index contributed by atoms with van der Waals surface area (Å²) in [6.45, 7) is 1.30. The van der Waals surface area contributed by atoms with E-state index in [1.165, 1.54) is 0 Å². The molecule has 0 aromatic rings. The number of hydrogen-bond acceptors (Lipinski definition) is 3. The van der Waals surface area contributed by atoms with E-state index >= 15 is 0 Å². The van der Waals surface area contributed by atoms with E-state index in [9.17, 15) is 9.59 Å². The topological polar surface area (TPSA) is 57.6 Å². The number of carbonyl (C=O) groups is 2. The normalized spacial score (nSPS) is 21.6. The average Bonchev–Trinajstić information content (AvgIpc) is 2.47. The first-order chi connectivity index (χ1) is 6.63. The van der Waals surface area contributed by atoms with E-state index in [1.54, 1.807) is 4.90 Å². The lowest BCUT2D eigenvalue weighted by Gasteiger charge is -2.15. The van der Waals surface area contributed by atoms with E-state index in [2.05, 4.69) is 12.6 Å². The molecule has 0 spiro atoms. The second kappa shape index (κ2) is 5.24. The fraction of sp³-hybridized carbons (Fsp3) is 0.778. The number of amides is 1. The largest absolute Gasteiger partial charge is 0.481 e. The molecular weight excluding hydrogens is 202 g/mol. The number of carbonyl (C=O) groups excluding carboxylic acids is 1. The molecule has 0 aromatic heterocycles. The van der Waals surface area contributed by atoms with E-state index in [1.807, 2.05) is 0 Å². The number of rotatable bonds is 5. The van der Waals surface area contributed by atoms with Crippen LogP contribution in [-0.4, -0.2) is 40.7 Å². The Kier molecular flexibility index (Phi) is 4.25. The van der Waals surface area contributed by atoms with Gasteiger partial charge in [0.25, 0.3) is 0 Å². The van der Waals surface area contributed by atoms with Crippen LogP contribution in [-0.2, 0) is 9.59 Å². The van der Waals surface area contributed by atoms with E-state index in [0.29, 0.717) is 25.3 Å². The minimum absolute atomic E-state index is 0.134. The molecule has 14 heavy (non-hydrogen) atoms. The summed E-state index contributed by atoms with van der Waals surface area (Å²) in [7, 11) is 0. The summed E-state index contributed by atoms with van der Waals surface area (Å²) in [4.78, 5) is 23.4. The van der Waals surface area contributed by atoms with Crippen molar-refractivity contribution < 1.29 is 14.7 Å². The van der Waals surface area contributed by atoms with Crippen molar-refractivity contribution in [1.29, 1.82) is 0 Å². The maximum absolute atomic E-state index is 11.4. The van der Waals surface area contributed by atoms with Crippen molar-refractivity contribution >= 4 is 24.5 Å². The van der Waals surface area contributed by atoms with Crippen molar-refractivity contribution in [2.45, 2.75) is 19.3 Å². The molecule has 1 heterocycles. The highest BCUT2D eigenvalue weighted by Gasteiger charge is 2.27. The summed E-state index contributed by atoms with van der Waals surface area (Å²) in [5.41, 5.74) is 0. The van der Waals surface area contributed by atoms with Gasteiger partial charge in [-0.15, -0.1) is 0 Å². The molecule has 1 unspecified atom stereocenters. The Morgan fingerprint density at radius 3 is 2.86 bits per heavy atom. The van der Waals surface area contributed by atoms with Crippen molar-refractivity contribution in [1.82, 2.24) is 4.90 Å². The molecule has 0 aromatic carbocycles. The number of carboxylic acids is 1. The number of hydrogen-bond donors (Lipinski definition) is 2. The summed E-state index contributed by atoms with van der Waals surface area (Å²) < 4.78 is 0. The first-order valence-electron chi connectivity index (χ1n) is 4.74. The summed E-state index contributed by atoms with van der Waals surface area (Å²) >= 11 is 4.15. The van der Waals surface area contributed by atoms with Gasteiger partial charge >= 0.3 is 5.97 Å². The molecule has 1 N–H and O–H groups in total. The fourth-order valence-corrected chi connectivity index (χ4v) is 1.86. The highest BCUT2D eigenvalue weighted by atomic mass is 32.1. The summed E-state index contributed by atoms with van der Waals surface area (Å²) in [5.74, 6) is 0.397. The monoisotopic (exact) mass is 217 g/mol. The highest BCUT2D eigenvalue weighted by molar-refractivity contribution is 7.80. The van der Waals surface area contributed by atoms with Crippen LogP contribution in [0.4, 0.5) is 0 Å². The summed E-state index contributed by atoms with van der Waals surface area (Å²) in [5, 5.41) is 8.44. The average molecular weight is 217 g/mol. The molecule has 0 bridgehead atoms. The second-order valence-electron chi connectivity index (χ2n) is 3.59. The SMILES string of the molecule is O=C(O)CCCN1CC(CS)CC1=O. The van der Waals surface area contributed by atoms with Crippen LogP contribution in [0.2, 0.25) is 0 Å². The Hall–Kier alpha value is -0.710. The van der Waals surface area contributed by atoms with Gasteiger partial charge in [0, 0.05) is 25.9 Å². The number of carboxylic acid groups (broad SMARTS) is 1. The smallest absolute Gasteiger partial charge is 0.303 e.